The molecule has 2 aromatic carbocycles. The van der Waals surface area contributed by atoms with Gasteiger partial charge in [-0.3, -0.25) is 9.59 Å². The van der Waals surface area contributed by atoms with Gasteiger partial charge in [-0.05, 0) is 53.4 Å². The second kappa shape index (κ2) is 10.0. The lowest BCUT2D eigenvalue weighted by Gasteiger charge is -2.21. The number of nitrogens with one attached hydrogen (secondary N) is 2. The van der Waals surface area contributed by atoms with Crippen molar-refractivity contribution in [1.29, 1.82) is 0 Å². The minimum atomic E-state index is -3.93. The Balaban J connectivity index is 1.73. The van der Waals surface area contributed by atoms with Gasteiger partial charge in [0, 0.05) is 24.5 Å². The second-order valence-electron chi connectivity index (χ2n) is 7.03. The summed E-state index contributed by atoms with van der Waals surface area (Å²) in [5, 5.41) is 7.26. The van der Waals surface area contributed by atoms with Gasteiger partial charge in [-0.1, -0.05) is 18.2 Å². The number of thiophene rings is 1. The van der Waals surface area contributed by atoms with E-state index in [9.17, 15) is 22.4 Å². The average molecular weight is 476 g/mol. The Kier molecular flexibility index (Phi) is 7.39. The van der Waals surface area contributed by atoms with Gasteiger partial charge in [0.25, 0.3) is 0 Å². The number of nitrogens with zero attached hydrogens (tertiary/aromatic N) is 1. The van der Waals surface area contributed by atoms with Crippen LogP contribution in [0.25, 0.3) is 0 Å². The summed E-state index contributed by atoms with van der Waals surface area (Å²) in [6, 6.07) is 14.6. The van der Waals surface area contributed by atoms with Gasteiger partial charge in [0.15, 0.2) is 0 Å². The highest BCUT2D eigenvalue weighted by Crippen LogP contribution is 2.26. The minimum absolute atomic E-state index is 0.00440. The number of amides is 2. The Morgan fingerprint density at radius 3 is 2.28 bits per heavy atom. The average Bonchev–Trinajstić information content (AvgIpc) is 3.27. The number of hydrogen-bond donors (Lipinski definition) is 2. The van der Waals surface area contributed by atoms with Gasteiger partial charge >= 0.3 is 0 Å². The lowest BCUT2D eigenvalue weighted by molar-refractivity contribution is -0.121. The molecule has 0 saturated heterocycles. The number of rotatable bonds is 8. The third kappa shape index (κ3) is 5.78. The van der Waals surface area contributed by atoms with Crippen molar-refractivity contribution in [3.8, 4) is 0 Å². The van der Waals surface area contributed by atoms with Crippen molar-refractivity contribution in [2.24, 2.45) is 0 Å². The topological polar surface area (TPSA) is 95.6 Å². The monoisotopic (exact) mass is 475 g/mol. The van der Waals surface area contributed by atoms with Crippen LogP contribution in [0.3, 0.4) is 0 Å². The fraction of sp³-hybridized carbons (Fsp3) is 0.182. The Bertz CT molecular complexity index is 1180. The van der Waals surface area contributed by atoms with E-state index < -0.39 is 28.5 Å². The fourth-order valence-corrected chi connectivity index (χ4v) is 4.95. The van der Waals surface area contributed by atoms with Crippen molar-refractivity contribution in [3.63, 3.8) is 0 Å². The van der Waals surface area contributed by atoms with Gasteiger partial charge in [0.1, 0.15) is 5.82 Å². The van der Waals surface area contributed by atoms with Crippen LogP contribution >= 0.6 is 11.3 Å². The standard InChI is InChI=1S/C22H22FN3O4S2/c1-15(27)24-18-9-11-19(12-10-18)32(29,30)26(2)14-21(28)25-22(20-4-3-13-31-20)16-5-7-17(23)8-6-16/h3-13,22H,14H2,1-2H3,(H,24,27)(H,25,28). The molecule has 1 atom stereocenters. The molecule has 1 unspecified atom stereocenters. The van der Waals surface area contributed by atoms with Crippen LogP contribution in [-0.2, 0) is 19.6 Å². The molecule has 10 heteroatoms. The van der Waals surface area contributed by atoms with E-state index in [1.165, 1.54) is 61.7 Å². The first kappa shape index (κ1) is 23.6. The van der Waals surface area contributed by atoms with Gasteiger partial charge in [0.05, 0.1) is 17.5 Å². The number of carbonyl (C=O) groups excluding carboxylic acids is 2. The molecule has 0 saturated carbocycles. The highest BCUT2D eigenvalue weighted by atomic mass is 32.2. The molecule has 0 spiro atoms. The first-order chi connectivity index (χ1) is 15.2. The Hall–Kier alpha value is -3.08. The maximum atomic E-state index is 13.3. The van der Waals surface area contributed by atoms with Gasteiger partial charge in [-0.2, -0.15) is 4.31 Å². The summed E-state index contributed by atoms with van der Waals surface area (Å²) < 4.78 is 40.0. The molecular formula is C22H22FN3O4S2. The van der Waals surface area contributed by atoms with Crippen molar-refractivity contribution in [1.82, 2.24) is 9.62 Å². The number of likely N-dealkylation sites (N-methyl/N-ethyl adjacent to an activating group) is 1. The van der Waals surface area contributed by atoms with Gasteiger partial charge in [-0.15, -0.1) is 11.3 Å². The molecule has 1 aromatic heterocycles. The van der Waals surface area contributed by atoms with Gasteiger partial charge in [-0.25, -0.2) is 12.8 Å². The van der Waals surface area contributed by atoms with Crippen molar-refractivity contribution >= 4 is 38.9 Å². The Labute approximate surface area is 189 Å². The maximum Gasteiger partial charge on any atom is 0.243 e. The molecule has 3 rings (SSSR count). The summed E-state index contributed by atoms with van der Waals surface area (Å²) in [5.41, 5.74) is 1.15. The van der Waals surface area contributed by atoms with E-state index in [0.29, 0.717) is 11.3 Å². The van der Waals surface area contributed by atoms with E-state index in [1.54, 1.807) is 12.1 Å². The number of anilines is 1. The Morgan fingerprint density at radius 1 is 1.06 bits per heavy atom. The molecule has 0 aliphatic carbocycles. The first-order valence-corrected chi connectivity index (χ1v) is 11.9. The third-order valence-corrected chi connectivity index (χ3v) is 7.34. The van der Waals surface area contributed by atoms with E-state index in [0.717, 1.165) is 9.18 Å². The van der Waals surface area contributed by atoms with Crippen LogP contribution in [0.2, 0.25) is 0 Å². The molecule has 1 heterocycles. The zero-order valence-electron chi connectivity index (χ0n) is 17.4. The summed E-state index contributed by atoms with van der Waals surface area (Å²) in [6.45, 7) is 0.950. The number of sulfonamides is 1. The number of carbonyl (C=O) groups is 2. The summed E-state index contributed by atoms with van der Waals surface area (Å²) in [6.07, 6.45) is 0. The highest BCUT2D eigenvalue weighted by Gasteiger charge is 2.25. The van der Waals surface area contributed by atoms with Crippen LogP contribution in [0, 0.1) is 5.82 Å². The van der Waals surface area contributed by atoms with Crippen molar-refractivity contribution in [2.75, 3.05) is 18.9 Å². The van der Waals surface area contributed by atoms with Crippen LogP contribution < -0.4 is 10.6 Å². The Morgan fingerprint density at radius 2 is 1.72 bits per heavy atom. The SMILES string of the molecule is CC(=O)Nc1ccc(S(=O)(=O)N(C)CC(=O)NC(c2ccc(F)cc2)c2cccs2)cc1. The summed E-state index contributed by atoms with van der Waals surface area (Å²) in [4.78, 5) is 24.7. The number of benzene rings is 2. The molecule has 32 heavy (non-hydrogen) atoms. The molecule has 7 nitrogen and oxygen atoms in total. The predicted octanol–water partition coefficient (Wildman–Crippen LogP) is 3.37. The quantitative estimate of drug-likeness (QED) is 0.522. The number of hydrogen-bond acceptors (Lipinski definition) is 5. The van der Waals surface area contributed by atoms with E-state index in [-0.39, 0.29) is 16.6 Å². The van der Waals surface area contributed by atoms with Gasteiger partial charge < -0.3 is 10.6 Å². The molecule has 168 valence electrons. The molecule has 3 aromatic rings. The molecule has 0 aliphatic rings. The van der Waals surface area contributed by atoms with Crippen LogP contribution in [0.4, 0.5) is 10.1 Å². The predicted molar refractivity (Wildman–Crippen MR) is 121 cm³/mol. The van der Waals surface area contributed by atoms with Crippen LogP contribution in [0.5, 0.6) is 0 Å². The normalized spacial score (nSPS) is 12.4. The molecule has 2 N–H and O–H groups in total. The lowest BCUT2D eigenvalue weighted by Crippen LogP contribution is -2.40. The van der Waals surface area contributed by atoms with Crippen LogP contribution in [-0.4, -0.2) is 38.1 Å². The first-order valence-electron chi connectivity index (χ1n) is 9.59. The fourth-order valence-electron chi connectivity index (χ4n) is 3.02. The largest absolute Gasteiger partial charge is 0.343 e. The van der Waals surface area contributed by atoms with Crippen LogP contribution in [0.15, 0.2) is 70.9 Å². The zero-order chi connectivity index (χ0) is 23.3. The number of halogens is 1. The maximum absolute atomic E-state index is 13.3. The summed E-state index contributed by atoms with van der Waals surface area (Å²) in [5.74, 6) is -1.16. The molecular weight excluding hydrogens is 453 g/mol. The molecule has 0 radical (unpaired) electrons. The summed E-state index contributed by atoms with van der Waals surface area (Å²) in [7, 11) is -2.61. The molecule has 0 aliphatic heterocycles. The van der Waals surface area contributed by atoms with Crippen molar-refractivity contribution in [3.05, 3.63) is 82.3 Å². The van der Waals surface area contributed by atoms with E-state index >= 15 is 0 Å². The molecule has 0 fully saturated rings. The smallest absolute Gasteiger partial charge is 0.243 e. The molecule has 2 amide bonds. The van der Waals surface area contributed by atoms with Crippen molar-refractivity contribution < 1.29 is 22.4 Å². The molecule has 0 bridgehead atoms. The zero-order valence-corrected chi connectivity index (χ0v) is 19.0. The third-order valence-electron chi connectivity index (χ3n) is 4.59. The van der Waals surface area contributed by atoms with E-state index in [4.69, 9.17) is 0 Å². The van der Waals surface area contributed by atoms with Gasteiger partial charge in [0.2, 0.25) is 21.8 Å². The summed E-state index contributed by atoms with van der Waals surface area (Å²) >= 11 is 1.43. The van der Waals surface area contributed by atoms with E-state index in [1.807, 2.05) is 17.5 Å². The van der Waals surface area contributed by atoms with Crippen molar-refractivity contribution in [2.45, 2.75) is 17.9 Å². The van der Waals surface area contributed by atoms with E-state index in [2.05, 4.69) is 10.6 Å². The van der Waals surface area contributed by atoms with Crippen LogP contribution in [0.1, 0.15) is 23.4 Å². The minimum Gasteiger partial charge on any atom is -0.343 e. The highest BCUT2D eigenvalue weighted by molar-refractivity contribution is 7.89. The second-order valence-corrected chi connectivity index (χ2v) is 10.1. The lowest BCUT2D eigenvalue weighted by atomic mass is 10.1.